The van der Waals surface area contributed by atoms with Crippen LogP contribution in [0.3, 0.4) is 0 Å². The smallest absolute Gasteiger partial charge is 0.245 e. The number of hydrogen-bond donors (Lipinski definition) is 1. The van der Waals surface area contributed by atoms with E-state index in [1.165, 1.54) is 22.5 Å². The molecular weight excluding hydrogens is 272 g/mol. The van der Waals surface area contributed by atoms with E-state index in [-0.39, 0.29) is 16.6 Å². The first-order chi connectivity index (χ1) is 8.34. The molecule has 0 spiro atoms. The molecule has 0 fully saturated rings. The van der Waals surface area contributed by atoms with Crippen molar-refractivity contribution in [3.63, 3.8) is 0 Å². The largest absolute Gasteiger partial charge is 0.398 e. The Labute approximate surface area is 114 Å². The van der Waals surface area contributed by atoms with Crippen molar-refractivity contribution < 1.29 is 8.42 Å². The van der Waals surface area contributed by atoms with E-state index in [1.54, 1.807) is 0 Å². The number of nitrogen functional groups attached to an aromatic ring is 1. The third-order valence-corrected chi connectivity index (χ3v) is 5.35. The van der Waals surface area contributed by atoms with E-state index in [2.05, 4.69) is 0 Å². The van der Waals surface area contributed by atoms with Gasteiger partial charge in [0.25, 0.3) is 0 Å². The lowest BCUT2D eigenvalue weighted by Gasteiger charge is -2.26. The highest BCUT2D eigenvalue weighted by molar-refractivity contribution is 7.89. The second kappa shape index (κ2) is 5.91. The van der Waals surface area contributed by atoms with Gasteiger partial charge in [0.2, 0.25) is 10.0 Å². The predicted octanol–water partition coefficient (Wildman–Crippen LogP) is 2.73. The molecule has 0 bridgehead atoms. The SMILES string of the molecule is CCC(C)N(CC)S(=O)(=O)c1ccc(Cl)cc1N. The lowest BCUT2D eigenvalue weighted by atomic mass is 10.3. The Kier molecular flexibility index (Phi) is 5.01. The van der Waals surface area contributed by atoms with Gasteiger partial charge in [-0.25, -0.2) is 8.42 Å². The minimum atomic E-state index is -3.56. The number of sulfonamides is 1. The van der Waals surface area contributed by atoms with Gasteiger partial charge in [-0.3, -0.25) is 0 Å². The van der Waals surface area contributed by atoms with Gasteiger partial charge in [-0.15, -0.1) is 0 Å². The normalized spacial score (nSPS) is 13.8. The maximum absolute atomic E-state index is 12.5. The Bertz CT molecular complexity index is 517. The van der Waals surface area contributed by atoms with Gasteiger partial charge in [0.1, 0.15) is 4.90 Å². The average Bonchev–Trinajstić information content (AvgIpc) is 2.28. The summed E-state index contributed by atoms with van der Waals surface area (Å²) in [6.45, 7) is 6.07. The van der Waals surface area contributed by atoms with E-state index in [1.807, 2.05) is 20.8 Å². The molecule has 0 aliphatic carbocycles. The van der Waals surface area contributed by atoms with Gasteiger partial charge in [-0.1, -0.05) is 25.4 Å². The van der Waals surface area contributed by atoms with Crippen LogP contribution in [-0.4, -0.2) is 25.3 Å². The van der Waals surface area contributed by atoms with Crippen LogP contribution in [0, 0.1) is 0 Å². The van der Waals surface area contributed by atoms with Gasteiger partial charge in [0.05, 0.1) is 5.69 Å². The first kappa shape index (κ1) is 15.3. The summed E-state index contributed by atoms with van der Waals surface area (Å²) in [6, 6.07) is 4.39. The second-order valence-corrected chi connectivity index (χ2v) is 6.44. The molecule has 0 heterocycles. The topological polar surface area (TPSA) is 63.4 Å². The Morgan fingerprint density at radius 2 is 2.00 bits per heavy atom. The highest BCUT2D eigenvalue weighted by atomic mass is 35.5. The van der Waals surface area contributed by atoms with Gasteiger partial charge in [-0.2, -0.15) is 4.31 Å². The molecule has 6 heteroatoms. The Morgan fingerprint density at radius 3 is 2.44 bits per heavy atom. The van der Waals surface area contributed by atoms with Crippen molar-refractivity contribution in [2.24, 2.45) is 0 Å². The van der Waals surface area contributed by atoms with E-state index in [9.17, 15) is 8.42 Å². The fourth-order valence-electron chi connectivity index (χ4n) is 1.80. The zero-order valence-electron chi connectivity index (χ0n) is 10.9. The molecule has 0 radical (unpaired) electrons. The minimum Gasteiger partial charge on any atom is -0.398 e. The van der Waals surface area contributed by atoms with Gasteiger partial charge < -0.3 is 5.73 Å². The molecule has 4 nitrogen and oxygen atoms in total. The van der Waals surface area contributed by atoms with Crippen molar-refractivity contribution in [3.05, 3.63) is 23.2 Å². The van der Waals surface area contributed by atoms with Crippen LogP contribution >= 0.6 is 11.6 Å². The summed E-state index contributed by atoms with van der Waals surface area (Å²) in [5.41, 5.74) is 5.94. The summed E-state index contributed by atoms with van der Waals surface area (Å²) in [5, 5.41) is 0.429. The molecule has 0 amide bonds. The van der Waals surface area contributed by atoms with Crippen molar-refractivity contribution in [1.82, 2.24) is 4.31 Å². The van der Waals surface area contributed by atoms with E-state index < -0.39 is 10.0 Å². The number of anilines is 1. The van der Waals surface area contributed by atoms with Crippen LogP contribution in [-0.2, 0) is 10.0 Å². The highest BCUT2D eigenvalue weighted by Gasteiger charge is 2.28. The zero-order valence-corrected chi connectivity index (χ0v) is 12.4. The molecule has 1 aromatic rings. The van der Waals surface area contributed by atoms with Crippen LogP contribution in [0.4, 0.5) is 5.69 Å². The quantitative estimate of drug-likeness (QED) is 0.848. The summed E-state index contributed by atoms with van der Waals surface area (Å²) in [6.07, 6.45) is 0.751. The van der Waals surface area contributed by atoms with Crippen LogP contribution in [0.1, 0.15) is 27.2 Å². The zero-order chi connectivity index (χ0) is 13.9. The number of benzene rings is 1. The molecule has 102 valence electrons. The fraction of sp³-hybridized carbons (Fsp3) is 0.500. The molecule has 1 aromatic carbocycles. The average molecular weight is 291 g/mol. The van der Waals surface area contributed by atoms with Crippen molar-refractivity contribution >= 4 is 27.3 Å². The molecule has 0 aromatic heterocycles. The van der Waals surface area contributed by atoms with Gasteiger partial charge in [0.15, 0.2) is 0 Å². The second-order valence-electron chi connectivity index (χ2n) is 4.15. The molecule has 1 rings (SSSR count). The van der Waals surface area contributed by atoms with Crippen molar-refractivity contribution in [1.29, 1.82) is 0 Å². The summed E-state index contributed by atoms with van der Waals surface area (Å²) in [7, 11) is -3.56. The fourth-order valence-corrected chi connectivity index (χ4v) is 3.80. The summed E-state index contributed by atoms with van der Waals surface area (Å²) in [4.78, 5) is 0.119. The van der Waals surface area contributed by atoms with E-state index >= 15 is 0 Å². The van der Waals surface area contributed by atoms with Crippen molar-refractivity contribution in [3.8, 4) is 0 Å². The van der Waals surface area contributed by atoms with E-state index in [0.29, 0.717) is 11.6 Å². The van der Waals surface area contributed by atoms with E-state index in [0.717, 1.165) is 6.42 Å². The lowest BCUT2D eigenvalue weighted by molar-refractivity contribution is 0.342. The molecule has 0 aliphatic rings. The standard InChI is InChI=1S/C12H19ClN2O2S/c1-4-9(3)15(5-2)18(16,17)12-7-6-10(13)8-11(12)14/h6-9H,4-5,14H2,1-3H3. The number of nitrogens with zero attached hydrogens (tertiary/aromatic N) is 1. The third kappa shape index (κ3) is 2.96. The van der Waals surface area contributed by atoms with Crippen LogP contribution in [0.15, 0.2) is 23.1 Å². The Morgan fingerprint density at radius 1 is 1.39 bits per heavy atom. The Balaban J connectivity index is 3.27. The maximum atomic E-state index is 12.5. The maximum Gasteiger partial charge on any atom is 0.245 e. The number of rotatable bonds is 5. The number of hydrogen-bond acceptors (Lipinski definition) is 3. The summed E-state index contributed by atoms with van der Waals surface area (Å²) < 4.78 is 26.4. The van der Waals surface area contributed by atoms with Crippen LogP contribution in [0.2, 0.25) is 5.02 Å². The molecule has 1 atom stereocenters. The molecule has 0 aliphatic heterocycles. The lowest BCUT2D eigenvalue weighted by Crippen LogP contribution is -2.38. The van der Waals surface area contributed by atoms with Crippen LogP contribution in [0.5, 0.6) is 0 Å². The molecule has 1 unspecified atom stereocenters. The monoisotopic (exact) mass is 290 g/mol. The van der Waals surface area contributed by atoms with E-state index in [4.69, 9.17) is 17.3 Å². The van der Waals surface area contributed by atoms with Gasteiger partial charge >= 0.3 is 0 Å². The van der Waals surface area contributed by atoms with Crippen molar-refractivity contribution in [2.45, 2.75) is 38.1 Å². The van der Waals surface area contributed by atoms with Crippen molar-refractivity contribution in [2.75, 3.05) is 12.3 Å². The highest BCUT2D eigenvalue weighted by Crippen LogP contribution is 2.26. The van der Waals surface area contributed by atoms with Crippen LogP contribution < -0.4 is 5.73 Å². The number of halogens is 1. The third-order valence-electron chi connectivity index (χ3n) is 2.95. The van der Waals surface area contributed by atoms with Gasteiger partial charge in [-0.05, 0) is 31.5 Å². The Hall–Kier alpha value is -0.780. The molecule has 0 saturated carbocycles. The first-order valence-electron chi connectivity index (χ1n) is 5.91. The van der Waals surface area contributed by atoms with Gasteiger partial charge in [0, 0.05) is 17.6 Å². The summed E-state index contributed by atoms with van der Waals surface area (Å²) >= 11 is 5.78. The molecule has 0 saturated heterocycles. The first-order valence-corrected chi connectivity index (χ1v) is 7.73. The molecular formula is C12H19ClN2O2S. The molecule has 2 N–H and O–H groups in total. The summed E-state index contributed by atoms with van der Waals surface area (Å²) in [5.74, 6) is 0. The minimum absolute atomic E-state index is 0.0601. The predicted molar refractivity (Wildman–Crippen MR) is 75.2 cm³/mol. The van der Waals surface area contributed by atoms with Crippen LogP contribution in [0.25, 0.3) is 0 Å². The molecule has 18 heavy (non-hydrogen) atoms. The number of nitrogens with two attached hydrogens (primary N) is 1.